The number of carbonyl (C=O) groups is 1. The van der Waals surface area contributed by atoms with Crippen LogP contribution in [0.15, 0.2) is 47.4 Å². The molecule has 0 radical (unpaired) electrons. The molecule has 1 saturated heterocycles. The van der Waals surface area contributed by atoms with E-state index in [0.29, 0.717) is 18.7 Å². The average Bonchev–Trinajstić information content (AvgIpc) is 3.17. The summed E-state index contributed by atoms with van der Waals surface area (Å²) in [5.74, 6) is -0.984. The maximum atomic E-state index is 13.3. The van der Waals surface area contributed by atoms with Crippen LogP contribution in [-0.4, -0.2) is 27.2 Å². The predicted molar refractivity (Wildman–Crippen MR) is 91.6 cm³/mol. The molecule has 142 valence electrons. The van der Waals surface area contributed by atoms with Gasteiger partial charge in [-0.25, -0.2) is 8.42 Å². The summed E-state index contributed by atoms with van der Waals surface area (Å²) >= 11 is 0. The normalized spacial score (nSPS) is 18.1. The van der Waals surface area contributed by atoms with Crippen LogP contribution in [0.1, 0.15) is 18.4 Å². The summed E-state index contributed by atoms with van der Waals surface area (Å²) in [5.41, 5.74) is 0.719. The Hall–Kier alpha value is -2.68. The highest BCUT2D eigenvalue weighted by Crippen LogP contribution is 2.44. The van der Waals surface area contributed by atoms with Crippen molar-refractivity contribution in [3.8, 4) is 11.5 Å². The molecule has 0 aliphatic carbocycles. The minimum Gasteiger partial charge on any atom is -0.395 e. The molecule has 0 N–H and O–H groups in total. The molecule has 0 unspecified atom stereocenters. The fraction of sp³-hybridized carbons (Fsp3) is 0.278. The Morgan fingerprint density at radius 1 is 1.07 bits per heavy atom. The van der Waals surface area contributed by atoms with Crippen LogP contribution in [0.25, 0.3) is 0 Å². The van der Waals surface area contributed by atoms with Crippen molar-refractivity contribution in [2.75, 3.05) is 11.4 Å². The summed E-state index contributed by atoms with van der Waals surface area (Å²) in [4.78, 5) is 13.4. The van der Waals surface area contributed by atoms with Crippen LogP contribution in [0.3, 0.4) is 0 Å². The van der Waals surface area contributed by atoms with Gasteiger partial charge in [0.1, 0.15) is 0 Å². The summed E-state index contributed by atoms with van der Waals surface area (Å²) in [7, 11) is -3.81. The maximum Gasteiger partial charge on any atom is 0.586 e. The fourth-order valence-electron chi connectivity index (χ4n) is 3.18. The van der Waals surface area contributed by atoms with Crippen molar-refractivity contribution in [3.63, 3.8) is 0 Å². The minimum atomic E-state index is -3.81. The highest BCUT2D eigenvalue weighted by Gasteiger charge is 2.44. The van der Waals surface area contributed by atoms with Crippen molar-refractivity contribution in [1.29, 1.82) is 0 Å². The zero-order chi connectivity index (χ0) is 19.2. The van der Waals surface area contributed by atoms with Crippen LogP contribution in [0, 0.1) is 0 Å². The van der Waals surface area contributed by atoms with Crippen LogP contribution in [0.4, 0.5) is 14.5 Å². The molecule has 1 fully saturated rings. The molecule has 2 aromatic rings. The molecule has 9 heteroatoms. The van der Waals surface area contributed by atoms with Crippen molar-refractivity contribution >= 4 is 21.4 Å². The van der Waals surface area contributed by atoms with Gasteiger partial charge in [0.15, 0.2) is 21.3 Å². The lowest BCUT2D eigenvalue weighted by molar-refractivity contribution is -0.286. The summed E-state index contributed by atoms with van der Waals surface area (Å²) in [6.45, 7) is 0.604. The second-order valence-corrected chi connectivity index (χ2v) is 8.30. The zero-order valence-electron chi connectivity index (χ0n) is 14.0. The molecule has 6 nitrogen and oxygen atoms in total. The van der Waals surface area contributed by atoms with E-state index in [1.807, 2.05) is 0 Å². The number of carbonyl (C=O) groups excluding carboxylic acids is 1. The summed E-state index contributed by atoms with van der Waals surface area (Å²) < 4.78 is 60.7. The lowest BCUT2D eigenvalue weighted by atomic mass is 10.2. The highest BCUT2D eigenvalue weighted by molar-refractivity contribution is 7.90. The largest absolute Gasteiger partial charge is 0.586 e. The summed E-state index contributed by atoms with van der Waals surface area (Å²) in [5, 5.41) is 0. The zero-order valence-corrected chi connectivity index (χ0v) is 14.8. The monoisotopic (exact) mass is 395 g/mol. The summed E-state index contributed by atoms with van der Waals surface area (Å²) in [6.07, 6.45) is -2.57. The number of fused-ring (bicyclic) bond motifs is 1. The van der Waals surface area contributed by atoms with Gasteiger partial charge in [-0.3, -0.25) is 4.79 Å². The standard InChI is InChI=1S/C18H15F2NO5S/c19-18(20)25-15-4-1-3-12(17(15)26-18)11-27(23,24)14-8-6-13(7-9-14)21-10-2-5-16(21)22/h1,3-4,6-9H,2,5,10-11H2. The number of rotatable bonds is 4. The third-order valence-electron chi connectivity index (χ3n) is 4.44. The number of para-hydroxylation sites is 1. The first kappa shape index (κ1) is 17.7. The molecular weight excluding hydrogens is 380 g/mol. The molecule has 2 aliphatic rings. The van der Waals surface area contributed by atoms with Gasteiger partial charge >= 0.3 is 6.29 Å². The Bertz CT molecular complexity index is 1000. The second-order valence-electron chi connectivity index (χ2n) is 6.31. The van der Waals surface area contributed by atoms with E-state index in [9.17, 15) is 22.0 Å². The van der Waals surface area contributed by atoms with Crippen LogP contribution >= 0.6 is 0 Å². The number of hydrogen-bond acceptors (Lipinski definition) is 5. The van der Waals surface area contributed by atoms with Crippen LogP contribution in [0.5, 0.6) is 11.5 Å². The molecule has 2 aliphatic heterocycles. The SMILES string of the molecule is O=C1CCCN1c1ccc(S(=O)(=O)Cc2cccc3c2OC(F)(F)O3)cc1. The van der Waals surface area contributed by atoms with E-state index >= 15 is 0 Å². The number of amides is 1. The van der Waals surface area contributed by atoms with Gasteiger partial charge in [-0.05, 0) is 36.8 Å². The Labute approximate surface area is 154 Å². The number of benzene rings is 2. The number of ether oxygens (including phenoxy) is 2. The Kier molecular flexibility index (Phi) is 4.06. The van der Waals surface area contributed by atoms with E-state index in [-0.39, 0.29) is 27.9 Å². The van der Waals surface area contributed by atoms with Gasteiger partial charge in [-0.1, -0.05) is 12.1 Å². The van der Waals surface area contributed by atoms with Gasteiger partial charge in [-0.2, -0.15) is 0 Å². The number of hydrogen-bond donors (Lipinski definition) is 0. The molecule has 1 amide bonds. The van der Waals surface area contributed by atoms with Crippen molar-refractivity contribution in [1.82, 2.24) is 0 Å². The lowest BCUT2D eigenvalue weighted by Gasteiger charge is -2.16. The van der Waals surface area contributed by atoms with E-state index in [0.717, 1.165) is 6.42 Å². The third kappa shape index (κ3) is 3.34. The molecule has 4 rings (SSSR count). The number of halogens is 2. The number of nitrogens with zero attached hydrogens (tertiary/aromatic N) is 1. The van der Waals surface area contributed by atoms with Gasteiger partial charge in [-0.15, -0.1) is 8.78 Å². The van der Waals surface area contributed by atoms with E-state index in [1.165, 1.54) is 30.3 Å². The van der Waals surface area contributed by atoms with Crippen molar-refractivity contribution in [2.45, 2.75) is 29.8 Å². The molecule has 0 saturated carbocycles. The molecule has 27 heavy (non-hydrogen) atoms. The first-order valence-electron chi connectivity index (χ1n) is 8.26. The first-order valence-corrected chi connectivity index (χ1v) is 9.91. The topological polar surface area (TPSA) is 72.9 Å². The Morgan fingerprint density at radius 3 is 2.48 bits per heavy atom. The lowest BCUT2D eigenvalue weighted by Crippen LogP contribution is -2.26. The van der Waals surface area contributed by atoms with Gasteiger partial charge in [0, 0.05) is 24.2 Å². The Morgan fingerprint density at radius 2 is 1.81 bits per heavy atom. The third-order valence-corrected chi connectivity index (χ3v) is 6.12. The molecule has 2 aromatic carbocycles. The Balaban J connectivity index is 1.58. The van der Waals surface area contributed by atoms with E-state index in [4.69, 9.17) is 0 Å². The number of sulfone groups is 1. The van der Waals surface area contributed by atoms with Crippen LogP contribution < -0.4 is 14.4 Å². The van der Waals surface area contributed by atoms with Crippen molar-refractivity contribution < 1.29 is 31.5 Å². The predicted octanol–water partition coefficient (Wildman–Crippen LogP) is 3.11. The minimum absolute atomic E-state index is 0.00327. The van der Waals surface area contributed by atoms with Gasteiger partial charge in [0.05, 0.1) is 10.6 Å². The molecule has 0 spiro atoms. The van der Waals surface area contributed by atoms with E-state index in [2.05, 4.69) is 9.47 Å². The number of alkyl halides is 2. The maximum absolute atomic E-state index is 13.3. The quantitative estimate of drug-likeness (QED) is 0.795. The van der Waals surface area contributed by atoms with E-state index in [1.54, 1.807) is 17.0 Å². The average molecular weight is 395 g/mol. The molecular formula is C18H15F2NO5S. The van der Waals surface area contributed by atoms with Gasteiger partial charge in [0.2, 0.25) is 5.91 Å². The second kappa shape index (κ2) is 6.19. The molecule has 0 aromatic heterocycles. The summed E-state index contributed by atoms with van der Waals surface area (Å²) in [6, 6.07) is 10.1. The van der Waals surface area contributed by atoms with Gasteiger partial charge < -0.3 is 14.4 Å². The van der Waals surface area contributed by atoms with Crippen LogP contribution in [-0.2, 0) is 20.4 Å². The first-order chi connectivity index (χ1) is 12.8. The fourth-order valence-corrected chi connectivity index (χ4v) is 4.54. The van der Waals surface area contributed by atoms with Crippen molar-refractivity contribution in [3.05, 3.63) is 48.0 Å². The molecule has 0 bridgehead atoms. The van der Waals surface area contributed by atoms with Crippen molar-refractivity contribution in [2.24, 2.45) is 0 Å². The van der Waals surface area contributed by atoms with Crippen LogP contribution in [0.2, 0.25) is 0 Å². The van der Waals surface area contributed by atoms with E-state index < -0.39 is 21.9 Å². The smallest absolute Gasteiger partial charge is 0.395 e. The highest BCUT2D eigenvalue weighted by atomic mass is 32.2. The molecule has 2 heterocycles. The number of anilines is 1. The van der Waals surface area contributed by atoms with Gasteiger partial charge in [0.25, 0.3) is 0 Å². The molecule has 0 atom stereocenters.